The number of hydrogen-bond acceptors (Lipinski definition) is 3. The van der Waals surface area contributed by atoms with Crippen molar-refractivity contribution < 1.29 is 5.11 Å². The van der Waals surface area contributed by atoms with Gasteiger partial charge in [-0.2, -0.15) is 16.9 Å². The predicted molar refractivity (Wildman–Crippen MR) is 75.5 cm³/mol. The van der Waals surface area contributed by atoms with Crippen LogP contribution in [-0.4, -0.2) is 32.0 Å². The third-order valence-electron chi connectivity index (χ3n) is 3.30. The third-order valence-corrected chi connectivity index (χ3v) is 5.72. The number of aromatic nitrogens is 2. The van der Waals surface area contributed by atoms with Crippen molar-refractivity contribution in [3.8, 4) is 0 Å². The third kappa shape index (κ3) is 2.88. The highest BCUT2D eigenvalue weighted by molar-refractivity contribution is 9.10. The zero-order chi connectivity index (χ0) is 12.4. The quantitative estimate of drug-likeness (QED) is 0.927. The lowest BCUT2D eigenvalue weighted by atomic mass is 10.1. The van der Waals surface area contributed by atoms with Crippen LogP contribution in [-0.2, 0) is 19.9 Å². The van der Waals surface area contributed by atoms with Crippen molar-refractivity contribution >= 4 is 27.7 Å². The van der Waals surface area contributed by atoms with Crippen LogP contribution in [0.1, 0.15) is 31.2 Å². The van der Waals surface area contributed by atoms with E-state index >= 15 is 0 Å². The Balaban J connectivity index is 2.09. The van der Waals surface area contributed by atoms with Crippen molar-refractivity contribution in [1.29, 1.82) is 0 Å². The second kappa shape index (κ2) is 5.76. The Bertz CT molecular complexity index is 388. The molecule has 0 aliphatic carbocycles. The number of thioether (sulfide) groups is 1. The lowest BCUT2D eigenvalue weighted by Crippen LogP contribution is -2.24. The van der Waals surface area contributed by atoms with E-state index in [1.165, 1.54) is 12.2 Å². The lowest BCUT2D eigenvalue weighted by Gasteiger charge is -2.17. The highest BCUT2D eigenvalue weighted by Crippen LogP contribution is 2.31. The summed E-state index contributed by atoms with van der Waals surface area (Å²) in [5.41, 5.74) is 2.19. The lowest BCUT2D eigenvalue weighted by molar-refractivity contribution is 0.167. The molecule has 2 heterocycles. The summed E-state index contributed by atoms with van der Waals surface area (Å²) in [5.74, 6) is 1.19. The molecule has 17 heavy (non-hydrogen) atoms. The van der Waals surface area contributed by atoms with Crippen molar-refractivity contribution in [1.82, 2.24) is 9.78 Å². The largest absolute Gasteiger partial charge is 0.392 e. The zero-order valence-corrected chi connectivity index (χ0v) is 12.7. The van der Waals surface area contributed by atoms with Crippen molar-refractivity contribution in [3.63, 3.8) is 0 Å². The summed E-state index contributed by atoms with van der Waals surface area (Å²) in [5, 5.41) is 15.1. The Hall–Kier alpha value is -0.000000000000000111. The topological polar surface area (TPSA) is 38.0 Å². The van der Waals surface area contributed by atoms with Gasteiger partial charge in [-0.25, -0.2) is 0 Å². The van der Waals surface area contributed by atoms with E-state index in [2.05, 4.69) is 28.0 Å². The molecule has 96 valence electrons. The molecule has 0 radical (unpaired) electrons. The number of aliphatic hydroxyl groups is 1. The highest BCUT2D eigenvalue weighted by atomic mass is 79.9. The number of nitrogens with zero attached hydrogens (tertiary/aromatic N) is 2. The summed E-state index contributed by atoms with van der Waals surface area (Å²) in [6.45, 7) is 2.10. The summed E-state index contributed by atoms with van der Waals surface area (Å²) in [7, 11) is 1.95. The van der Waals surface area contributed by atoms with Gasteiger partial charge < -0.3 is 5.11 Å². The molecule has 0 amide bonds. The number of aryl methyl sites for hydroxylation is 2. The van der Waals surface area contributed by atoms with Crippen LogP contribution in [0.2, 0.25) is 0 Å². The minimum Gasteiger partial charge on any atom is -0.392 e. The molecule has 0 saturated carbocycles. The molecule has 0 bridgehead atoms. The second-order valence-electron chi connectivity index (χ2n) is 4.51. The van der Waals surface area contributed by atoms with Gasteiger partial charge in [0.25, 0.3) is 0 Å². The van der Waals surface area contributed by atoms with Crippen LogP contribution in [0, 0.1) is 0 Å². The molecule has 1 aromatic heterocycles. The van der Waals surface area contributed by atoms with Gasteiger partial charge >= 0.3 is 0 Å². The van der Waals surface area contributed by atoms with E-state index in [0.717, 1.165) is 28.7 Å². The minimum atomic E-state index is -0.251. The van der Waals surface area contributed by atoms with Gasteiger partial charge in [-0.1, -0.05) is 6.92 Å². The molecule has 2 atom stereocenters. The van der Waals surface area contributed by atoms with Gasteiger partial charge in [-0.05, 0) is 40.9 Å². The van der Waals surface area contributed by atoms with E-state index in [9.17, 15) is 5.11 Å². The van der Waals surface area contributed by atoms with Crippen LogP contribution in [0.15, 0.2) is 4.47 Å². The summed E-state index contributed by atoms with van der Waals surface area (Å²) in [6, 6.07) is 0. The average molecular weight is 319 g/mol. The molecule has 2 rings (SSSR count). The van der Waals surface area contributed by atoms with Crippen LogP contribution >= 0.6 is 27.7 Å². The first-order valence-corrected chi connectivity index (χ1v) is 7.97. The van der Waals surface area contributed by atoms with Crippen molar-refractivity contribution in [2.45, 2.75) is 44.0 Å². The highest BCUT2D eigenvalue weighted by Gasteiger charge is 2.26. The van der Waals surface area contributed by atoms with E-state index in [-0.39, 0.29) is 6.10 Å². The molecule has 2 unspecified atom stereocenters. The fraction of sp³-hybridized carbons (Fsp3) is 0.750. The van der Waals surface area contributed by atoms with Gasteiger partial charge in [0.15, 0.2) is 0 Å². The molecule has 1 aromatic rings. The van der Waals surface area contributed by atoms with E-state index in [0.29, 0.717) is 11.7 Å². The summed E-state index contributed by atoms with van der Waals surface area (Å²) >= 11 is 5.50. The molecule has 1 aliphatic rings. The molecule has 1 aliphatic heterocycles. The summed E-state index contributed by atoms with van der Waals surface area (Å²) < 4.78 is 2.97. The van der Waals surface area contributed by atoms with Crippen LogP contribution < -0.4 is 0 Å². The van der Waals surface area contributed by atoms with Crippen LogP contribution in [0.4, 0.5) is 0 Å². The molecule has 1 N–H and O–H groups in total. The van der Waals surface area contributed by atoms with Crippen LogP contribution in [0.25, 0.3) is 0 Å². The van der Waals surface area contributed by atoms with Crippen molar-refractivity contribution in [2.75, 3.05) is 5.75 Å². The van der Waals surface area contributed by atoms with Crippen molar-refractivity contribution in [3.05, 3.63) is 15.9 Å². The van der Waals surface area contributed by atoms with Crippen LogP contribution in [0.5, 0.6) is 0 Å². The Kier molecular flexibility index (Phi) is 4.55. The Labute approximate surface area is 115 Å². The van der Waals surface area contributed by atoms with Gasteiger partial charge in [0.2, 0.25) is 0 Å². The fourth-order valence-electron chi connectivity index (χ4n) is 2.28. The monoisotopic (exact) mass is 318 g/mol. The molecule has 3 nitrogen and oxygen atoms in total. The van der Waals surface area contributed by atoms with E-state index < -0.39 is 0 Å². The number of halogens is 1. The maximum atomic E-state index is 10.3. The van der Waals surface area contributed by atoms with E-state index in [1.54, 1.807) is 0 Å². The number of hydrogen-bond donors (Lipinski definition) is 1. The van der Waals surface area contributed by atoms with Gasteiger partial charge in [0.1, 0.15) is 0 Å². The van der Waals surface area contributed by atoms with Gasteiger partial charge in [0, 0.05) is 18.7 Å². The minimum absolute atomic E-state index is 0.251. The maximum absolute atomic E-state index is 10.3. The molecule has 0 spiro atoms. The van der Waals surface area contributed by atoms with Gasteiger partial charge in [-0.3, -0.25) is 4.68 Å². The summed E-state index contributed by atoms with van der Waals surface area (Å²) in [4.78, 5) is 0. The fourth-order valence-corrected chi connectivity index (χ4v) is 4.34. The first kappa shape index (κ1) is 13.4. The van der Waals surface area contributed by atoms with Crippen molar-refractivity contribution in [2.24, 2.45) is 7.05 Å². The van der Waals surface area contributed by atoms with E-state index in [4.69, 9.17) is 0 Å². The Morgan fingerprint density at radius 3 is 2.94 bits per heavy atom. The molecule has 1 saturated heterocycles. The average Bonchev–Trinajstić information content (AvgIpc) is 2.92. The zero-order valence-electron chi connectivity index (χ0n) is 10.3. The Morgan fingerprint density at radius 2 is 2.41 bits per heavy atom. The SMILES string of the molecule is CCc1nn(C)c(CC(O)C2CCCS2)c1Br. The molecular weight excluding hydrogens is 300 g/mol. The molecule has 0 aromatic carbocycles. The Morgan fingerprint density at radius 1 is 1.65 bits per heavy atom. The van der Waals surface area contributed by atoms with Crippen LogP contribution in [0.3, 0.4) is 0 Å². The molecular formula is C12H19BrN2OS. The van der Waals surface area contributed by atoms with Gasteiger partial charge in [0.05, 0.1) is 22.0 Å². The van der Waals surface area contributed by atoms with E-state index in [1.807, 2.05) is 23.5 Å². The maximum Gasteiger partial charge on any atom is 0.0766 e. The standard InChI is InChI=1S/C12H19BrN2OS/c1-3-8-12(13)9(15(2)14-8)7-10(16)11-5-4-6-17-11/h10-11,16H,3-7H2,1-2H3. The second-order valence-corrected chi connectivity index (χ2v) is 6.65. The number of aliphatic hydroxyl groups excluding tert-OH is 1. The molecule has 1 fully saturated rings. The number of rotatable bonds is 4. The smallest absolute Gasteiger partial charge is 0.0766 e. The predicted octanol–water partition coefficient (Wildman–Crippen LogP) is 2.54. The van der Waals surface area contributed by atoms with Gasteiger partial charge in [-0.15, -0.1) is 0 Å². The molecule has 5 heteroatoms. The summed E-state index contributed by atoms with van der Waals surface area (Å²) in [6.07, 6.45) is 3.74. The normalized spacial score (nSPS) is 22.0. The first-order chi connectivity index (χ1) is 8.13. The first-order valence-electron chi connectivity index (χ1n) is 6.13.